The van der Waals surface area contributed by atoms with Gasteiger partial charge >= 0.3 is 23.9 Å². The fraction of sp³-hybridized carbons (Fsp3) is 0.897. The first kappa shape index (κ1) is 47.2. The number of ether oxygens (including phenoxy) is 4. The molecule has 0 fully saturated rings. The molecule has 0 aromatic carbocycles. The van der Waals surface area contributed by atoms with Gasteiger partial charge in [0, 0.05) is 11.5 Å². The molecule has 0 heterocycles. The molecule has 0 saturated carbocycles. The van der Waals surface area contributed by atoms with Gasteiger partial charge in [-0.1, -0.05) is 110 Å². The molecule has 0 aliphatic heterocycles. The number of carbonyl (C=O) groups excluding carboxylic acids is 4. The van der Waals surface area contributed by atoms with Crippen molar-refractivity contribution >= 4 is 35.6 Å². The van der Waals surface area contributed by atoms with Gasteiger partial charge in [-0.2, -0.15) is 11.8 Å². The minimum Gasteiger partial charge on any atom is -0.469 e. The van der Waals surface area contributed by atoms with Gasteiger partial charge in [-0.05, 0) is 53.9 Å². The topological polar surface area (TPSA) is 125 Å². The highest BCUT2D eigenvalue weighted by molar-refractivity contribution is 7.99. The van der Waals surface area contributed by atoms with Crippen molar-refractivity contribution in [2.45, 2.75) is 177 Å². The molecule has 2 unspecified atom stereocenters. The summed E-state index contributed by atoms with van der Waals surface area (Å²) < 4.78 is 20.6. The van der Waals surface area contributed by atoms with E-state index in [4.69, 9.17) is 18.9 Å². The molecule has 10 heteroatoms. The Morgan fingerprint density at radius 3 is 1.59 bits per heavy atom. The van der Waals surface area contributed by atoms with Crippen LogP contribution in [0.2, 0.25) is 0 Å². The number of esters is 4. The van der Waals surface area contributed by atoms with Crippen LogP contribution in [0.25, 0.3) is 0 Å². The maximum atomic E-state index is 12.7. The van der Waals surface area contributed by atoms with Crippen LogP contribution in [0.1, 0.15) is 170 Å². The van der Waals surface area contributed by atoms with E-state index in [0.717, 1.165) is 12.8 Å². The lowest BCUT2D eigenvalue weighted by atomic mass is 9.72. The smallest absolute Gasteiger partial charge is 0.312 e. The lowest BCUT2D eigenvalue weighted by Gasteiger charge is -2.33. The molecule has 9 nitrogen and oxygen atoms in total. The molecule has 0 bridgehead atoms. The van der Waals surface area contributed by atoms with Crippen LogP contribution in [-0.4, -0.2) is 67.1 Å². The monoisotopic (exact) mass is 716 g/mol. The molecular formula is C39H72O9S. The number of hydrogen-bond acceptors (Lipinski definition) is 10. The third-order valence-electron chi connectivity index (χ3n) is 9.16. The maximum Gasteiger partial charge on any atom is 0.312 e. The van der Waals surface area contributed by atoms with Crippen LogP contribution in [-0.2, 0) is 38.1 Å². The molecule has 0 rings (SSSR count). The normalized spacial score (nSPS) is 13.7. The van der Waals surface area contributed by atoms with E-state index in [0.29, 0.717) is 24.5 Å². The van der Waals surface area contributed by atoms with Gasteiger partial charge in [-0.15, -0.1) is 0 Å². The second kappa shape index (κ2) is 26.9. The zero-order chi connectivity index (χ0) is 37.2. The van der Waals surface area contributed by atoms with E-state index in [1.54, 1.807) is 20.8 Å². The van der Waals surface area contributed by atoms with Crippen molar-refractivity contribution in [2.24, 2.45) is 16.2 Å². The van der Waals surface area contributed by atoms with E-state index in [-0.39, 0.29) is 18.8 Å². The summed E-state index contributed by atoms with van der Waals surface area (Å²) in [7, 11) is 1.31. The Hall–Kier alpha value is -1.81. The number of aliphatic hydroxyl groups excluding tert-OH is 1. The average molecular weight is 717 g/mol. The van der Waals surface area contributed by atoms with Crippen molar-refractivity contribution in [3.8, 4) is 0 Å². The SMILES string of the molecule is CCCCCCCCCCCCCCCCCCOC(=O)C(C)(C)CSCCC(=O)OC(O)COC(=O)C(C)(C)CC(C)(CC)C(=O)OC. The van der Waals surface area contributed by atoms with E-state index < -0.39 is 47.0 Å². The Balaban J connectivity index is 4.00. The van der Waals surface area contributed by atoms with Crippen LogP contribution in [0.5, 0.6) is 0 Å². The van der Waals surface area contributed by atoms with Gasteiger partial charge in [-0.25, -0.2) is 0 Å². The highest BCUT2D eigenvalue weighted by Crippen LogP contribution is 2.38. The number of carbonyl (C=O) groups is 4. The second-order valence-electron chi connectivity index (χ2n) is 15.1. The van der Waals surface area contributed by atoms with Crippen molar-refractivity contribution in [3.05, 3.63) is 0 Å². The summed E-state index contributed by atoms with van der Waals surface area (Å²) in [5.41, 5.74) is -2.58. The van der Waals surface area contributed by atoms with Gasteiger partial charge in [0.2, 0.25) is 6.29 Å². The van der Waals surface area contributed by atoms with Crippen molar-refractivity contribution < 1.29 is 43.2 Å². The van der Waals surface area contributed by atoms with E-state index in [9.17, 15) is 24.3 Å². The molecule has 0 radical (unpaired) electrons. The zero-order valence-electron chi connectivity index (χ0n) is 32.5. The van der Waals surface area contributed by atoms with E-state index in [1.165, 1.54) is 109 Å². The van der Waals surface area contributed by atoms with Crippen molar-refractivity contribution in [1.29, 1.82) is 0 Å². The number of unbranched alkanes of at least 4 members (excludes halogenated alkanes) is 15. The quantitative estimate of drug-likeness (QED) is 0.0321. The lowest BCUT2D eigenvalue weighted by Crippen LogP contribution is -2.39. The fourth-order valence-corrected chi connectivity index (χ4v) is 6.86. The van der Waals surface area contributed by atoms with Gasteiger partial charge in [-0.3, -0.25) is 19.2 Å². The molecule has 0 aliphatic carbocycles. The third kappa shape index (κ3) is 22.6. The Kier molecular flexibility index (Phi) is 25.9. The van der Waals surface area contributed by atoms with Gasteiger partial charge in [0.15, 0.2) is 6.61 Å². The van der Waals surface area contributed by atoms with Crippen LogP contribution in [0.4, 0.5) is 0 Å². The zero-order valence-corrected chi connectivity index (χ0v) is 33.3. The number of methoxy groups -OCH3 is 1. The van der Waals surface area contributed by atoms with E-state index in [1.807, 2.05) is 20.8 Å². The molecule has 288 valence electrons. The van der Waals surface area contributed by atoms with Gasteiger partial charge < -0.3 is 24.1 Å². The van der Waals surface area contributed by atoms with Crippen molar-refractivity contribution in [2.75, 3.05) is 31.8 Å². The lowest BCUT2D eigenvalue weighted by molar-refractivity contribution is -0.186. The first-order valence-electron chi connectivity index (χ1n) is 19.0. The number of hydrogen-bond donors (Lipinski definition) is 1. The first-order chi connectivity index (χ1) is 23.1. The molecule has 0 aromatic heterocycles. The summed E-state index contributed by atoms with van der Waals surface area (Å²) >= 11 is 1.44. The summed E-state index contributed by atoms with van der Waals surface area (Å²) in [6.07, 6.45) is 19.9. The Morgan fingerprint density at radius 2 is 1.12 bits per heavy atom. The molecule has 0 amide bonds. The first-order valence-corrected chi connectivity index (χ1v) is 20.2. The summed E-state index contributed by atoms with van der Waals surface area (Å²) in [6.45, 7) is 12.7. The highest BCUT2D eigenvalue weighted by atomic mass is 32.2. The Bertz CT molecular complexity index is 920. The summed E-state index contributed by atoms with van der Waals surface area (Å²) in [4.78, 5) is 49.7. The third-order valence-corrected chi connectivity index (χ3v) is 10.6. The van der Waals surface area contributed by atoms with Crippen LogP contribution in [0, 0.1) is 16.2 Å². The van der Waals surface area contributed by atoms with Gasteiger partial charge in [0.1, 0.15) is 0 Å². The standard InChI is InChI=1S/C39H72O9S/c1-9-11-12-13-14-15-16-17-18-19-20-21-22-23-24-25-27-46-35(43)38(5,6)31-49-28-26-32(40)48-33(41)29-47-34(42)37(3,4)30-39(7,10-2)36(44)45-8/h33,41H,9-31H2,1-8H3. The summed E-state index contributed by atoms with van der Waals surface area (Å²) in [5.74, 6) is -1.02. The molecule has 0 aliphatic rings. The van der Waals surface area contributed by atoms with Crippen LogP contribution in [0.15, 0.2) is 0 Å². The number of thioether (sulfide) groups is 1. The minimum atomic E-state index is -1.61. The van der Waals surface area contributed by atoms with E-state index in [2.05, 4.69) is 6.92 Å². The fourth-order valence-electron chi connectivity index (χ4n) is 5.77. The van der Waals surface area contributed by atoms with Crippen LogP contribution >= 0.6 is 11.8 Å². The largest absolute Gasteiger partial charge is 0.469 e. The van der Waals surface area contributed by atoms with Crippen LogP contribution in [0.3, 0.4) is 0 Å². The van der Waals surface area contributed by atoms with Crippen molar-refractivity contribution in [3.63, 3.8) is 0 Å². The molecular weight excluding hydrogens is 644 g/mol. The summed E-state index contributed by atoms with van der Waals surface area (Å²) in [6, 6.07) is 0. The average Bonchev–Trinajstić information content (AvgIpc) is 3.06. The molecule has 2 atom stereocenters. The highest BCUT2D eigenvalue weighted by Gasteiger charge is 2.42. The number of rotatable bonds is 31. The van der Waals surface area contributed by atoms with Crippen LogP contribution < -0.4 is 0 Å². The predicted octanol–water partition coefficient (Wildman–Crippen LogP) is 9.35. The second-order valence-corrected chi connectivity index (χ2v) is 16.2. The molecule has 49 heavy (non-hydrogen) atoms. The molecule has 0 saturated heterocycles. The number of aliphatic hydroxyl groups is 1. The predicted molar refractivity (Wildman–Crippen MR) is 198 cm³/mol. The molecule has 0 aromatic rings. The Morgan fingerprint density at radius 1 is 0.653 bits per heavy atom. The van der Waals surface area contributed by atoms with Gasteiger partial charge in [0.25, 0.3) is 0 Å². The maximum absolute atomic E-state index is 12.7. The van der Waals surface area contributed by atoms with Gasteiger partial charge in [0.05, 0.1) is 36.4 Å². The molecule has 0 spiro atoms. The van der Waals surface area contributed by atoms with E-state index >= 15 is 0 Å². The summed E-state index contributed by atoms with van der Waals surface area (Å²) in [5, 5.41) is 10.1. The Labute approximate surface area is 303 Å². The molecule has 1 N–H and O–H groups in total. The minimum absolute atomic E-state index is 0.0273. The van der Waals surface area contributed by atoms with Crippen molar-refractivity contribution in [1.82, 2.24) is 0 Å².